The highest BCUT2D eigenvalue weighted by Gasteiger charge is 2.28. The van der Waals surface area contributed by atoms with E-state index in [9.17, 15) is 4.79 Å². The number of fused-ring (bicyclic) bond motifs is 1. The van der Waals surface area contributed by atoms with Gasteiger partial charge in [-0.2, -0.15) is 0 Å². The monoisotopic (exact) mass is 501 g/mol. The summed E-state index contributed by atoms with van der Waals surface area (Å²) in [4.78, 5) is 20.4. The number of amides is 1. The Morgan fingerprint density at radius 3 is 2.45 bits per heavy atom. The number of aryl methyl sites for hydroxylation is 1. The van der Waals surface area contributed by atoms with Crippen molar-refractivity contribution in [1.82, 2.24) is 13.9 Å². The fourth-order valence-electron chi connectivity index (χ4n) is 3.85. The van der Waals surface area contributed by atoms with Crippen molar-refractivity contribution in [3.05, 3.63) is 58.3 Å². The van der Waals surface area contributed by atoms with E-state index in [4.69, 9.17) is 9.72 Å². The molecule has 4 rings (SSSR count). The highest BCUT2D eigenvalue weighted by atomic mass is 79.9. The van der Waals surface area contributed by atoms with Gasteiger partial charge >= 0.3 is 6.09 Å². The van der Waals surface area contributed by atoms with Gasteiger partial charge in [-0.1, -0.05) is 18.2 Å². The van der Waals surface area contributed by atoms with Gasteiger partial charge in [0.1, 0.15) is 10.2 Å². The molecule has 1 saturated heterocycles. The summed E-state index contributed by atoms with van der Waals surface area (Å²) in [5.74, 6) is 0.340. The summed E-state index contributed by atoms with van der Waals surface area (Å²) in [6, 6.07) is 14.7. The van der Waals surface area contributed by atoms with Crippen molar-refractivity contribution in [3.8, 4) is 0 Å². The Balaban J connectivity index is 1.54. The van der Waals surface area contributed by atoms with Gasteiger partial charge < -0.3 is 9.64 Å². The first kappa shape index (κ1) is 22.2. The fraction of sp³-hybridized carbons (Fsp3) is 0.417. The molecule has 5 nitrogen and oxygen atoms in total. The topological polar surface area (TPSA) is 47.4 Å². The number of halogens is 1. The van der Waals surface area contributed by atoms with Gasteiger partial charge in [0.05, 0.1) is 0 Å². The Morgan fingerprint density at radius 2 is 1.81 bits per heavy atom. The van der Waals surface area contributed by atoms with E-state index < -0.39 is 5.60 Å². The SMILES string of the molecule is Cc1c(Br)n(Sc2ccccc2)c2nc(C3CCN(C(=O)OC(C)(C)C)CC3)ccc12. The smallest absolute Gasteiger partial charge is 0.410 e. The molecule has 0 aliphatic carbocycles. The molecular formula is C24H28BrN3O2S. The van der Waals surface area contributed by atoms with Gasteiger partial charge in [0.25, 0.3) is 0 Å². The third kappa shape index (κ3) is 4.93. The van der Waals surface area contributed by atoms with E-state index in [0.29, 0.717) is 19.0 Å². The van der Waals surface area contributed by atoms with Crippen LogP contribution >= 0.6 is 27.9 Å². The zero-order chi connectivity index (χ0) is 22.2. The summed E-state index contributed by atoms with van der Waals surface area (Å²) < 4.78 is 8.73. The molecule has 0 atom stereocenters. The van der Waals surface area contributed by atoms with Crippen molar-refractivity contribution in [2.45, 2.75) is 57.0 Å². The maximum absolute atomic E-state index is 12.4. The molecule has 0 N–H and O–H groups in total. The Morgan fingerprint density at radius 1 is 1.13 bits per heavy atom. The number of carbonyl (C=O) groups is 1. The van der Waals surface area contributed by atoms with Gasteiger partial charge in [-0.25, -0.2) is 9.78 Å². The number of hydrogen-bond acceptors (Lipinski definition) is 4. The number of benzene rings is 1. The van der Waals surface area contributed by atoms with Crippen molar-refractivity contribution in [2.75, 3.05) is 13.1 Å². The fourth-order valence-corrected chi connectivity index (χ4v) is 5.38. The normalized spacial score (nSPS) is 15.5. The first-order valence-corrected chi connectivity index (χ1v) is 12.2. The minimum absolute atomic E-state index is 0.220. The Kier molecular flexibility index (Phi) is 6.35. The highest BCUT2D eigenvalue weighted by molar-refractivity contribution is 9.10. The molecule has 2 aromatic heterocycles. The third-order valence-electron chi connectivity index (χ3n) is 5.49. The van der Waals surface area contributed by atoms with E-state index in [1.54, 1.807) is 11.9 Å². The van der Waals surface area contributed by atoms with Crippen LogP contribution < -0.4 is 0 Å². The first-order valence-electron chi connectivity index (χ1n) is 10.6. The van der Waals surface area contributed by atoms with Crippen LogP contribution in [0.15, 0.2) is 52.0 Å². The zero-order valence-electron chi connectivity index (χ0n) is 18.4. The molecule has 164 valence electrons. The molecule has 1 aliphatic heterocycles. The second kappa shape index (κ2) is 8.87. The molecule has 31 heavy (non-hydrogen) atoms. The molecule has 1 amide bonds. The van der Waals surface area contributed by atoms with Crippen molar-refractivity contribution in [2.24, 2.45) is 0 Å². The average molecular weight is 502 g/mol. The van der Waals surface area contributed by atoms with Gasteiger partial charge in [0, 0.05) is 35.0 Å². The van der Waals surface area contributed by atoms with Gasteiger partial charge in [-0.05, 0) is 98.2 Å². The lowest BCUT2D eigenvalue weighted by Gasteiger charge is -2.33. The van der Waals surface area contributed by atoms with E-state index in [-0.39, 0.29) is 6.09 Å². The Hall–Kier alpha value is -1.99. The number of ether oxygens (including phenoxy) is 1. The maximum Gasteiger partial charge on any atom is 0.410 e. The van der Waals surface area contributed by atoms with Crippen molar-refractivity contribution in [3.63, 3.8) is 0 Å². The minimum Gasteiger partial charge on any atom is -0.444 e. The molecule has 1 aromatic carbocycles. The Bertz CT molecular complexity index is 1080. The molecule has 0 unspecified atom stereocenters. The van der Waals surface area contributed by atoms with Crippen molar-refractivity contribution >= 4 is 45.0 Å². The number of rotatable bonds is 3. The van der Waals surface area contributed by atoms with Gasteiger partial charge in [0.2, 0.25) is 0 Å². The van der Waals surface area contributed by atoms with E-state index in [0.717, 1.165) is 39.1 Å². The molecule has 0 saturated carbocycles. The number of nitrogens with zero attached hydrogens (tertiary/aromatic N) is 3. The second-order valence-corrected chi connectivity index (χ2v) is 10.7. The number of piperidine rings is 1. The first-order chi connectivity index (χ1) is 14.7. The van der Waals surface area contributed by atoms with Crippen molar-refractivity contribution < 1.29 is 9.53 Å². The number of likely N-dealkylation sites (tertiary alicyclic amines) is 1. The molecule has 0 bridgehead atoms. The van der Waals surface area contributed by atoms with Crippen LogP contribution in [0.4, 0.5) is 4.79 Å². The second-order valence-electron chi connectivity index (χ2n) is 8.96. The maximum atomic E-state index is 12.4. The zero-order valence-corrected chi connectivity index (χ0v) is 20.8. The van der Waals surface area contributed by atoms with Gasteiger partial charge in [-0.3, -0.25) is 3.97 Å². The minimum atomic E-state index is -0.465. The van der Waals surface area contributed by atoms with Crippen LogP contribution in [0.3, 0.4) is 0 Å². The van der Waals surface area contributed by atoms with Gasteiger partial charge in [0.15, 0.2) is 5.65 Å². The van der Waals surface area contributed by atoms with Crippen molar-refractivity contribution in [1.29, 1.82) is 0 Å². The molecule has 0 radical (unpaired) electrons. The Labute approximate surface area is 196 Å². The summed E-state index contributed by atoms with van der Waals surface area (Å²) in [7, 11) is 0. The van der Waals surface area contributed by atoms with Crippen LogP contribution in [-0.2, 0) is 4.74 Å². The largest absolute Gasteiger partial charge is 0.444 e. The number of hydrogen-bond donors (Lipinski definition) is 0. The molecule has 3 heterocycles. The standard InChI is InChI=1S/C24H28BrN3O2S/c1-16-19-10-11-20(17-12-14-27(15-13-17)23(29)30-24(2,3)4)26-22(19)28(21(16)25)31-18-8-6-5-7-9-18/h5-11,17H,12-15H2,1-4H3. The predicted octanol–water partition coefficient (Wildman–Crippen LogP) is 6.78. The van der Waals surface area contributed by atoms with E-state index in [1.807, 2.05) is 43.9 Å². The van der Waals surface area contributed by atoms with Crippen LogP contribution in [0, 0.1) is 6.92 Å². The van der Waals surface area contributed by atoms with Crippen LogP contribution in [-0.4, -0.2) is 38.6 Å². The van der Waals surface area contributed by atoms with Gasteiger partial charge in [-0.15, -0.1) is 0 Å². The van der Waals surface area contributed by atoms with Crippen LogP contribution in [0.1, 0.15) is 50.8 Å². The molecular weight excluding hydrogens is 474 g/mol. The molecule has 0 spiro atoms. The molecule has 7 heteroatoms. The lowest BCUT2D eigenvalue weighted by atomic mass is 9.93. The lowest BCUT2D eigenvalue weighted by molar-refractivity contribution is 0.0204. The molecule has 3 aromatic rings. The summed E-state index contributed by atoms with van der Waals surface area (Å²) >= 11 is 5.43. The summed E-state index contributed by atoms with van der Waals surface area (Å²) in [5.41, 5.74) is 2.80. The number of pyridine rings is 1. The van der Waals surface area contributed by atoms with E-state index in [1.165, 1.54) is 5.56 Å². The van der Waals surface area contributed by atoms with Crippen LogP contribution in [0.25, 0.3) is 11.0 Å². The molecule has 1 aliphatic rings. The van der Waals surface area contributed by atoms with E-state index in [2.05, 4.69) is 51.1 Å². The molecule has 1 fully saturated rings. The quantitative estimate of drug-likeness (QED) is 0.396. The summed E-state index contributed by atoms with van der Waals surface area (Å²) in [5, 5.41) is 1.16. The summed E-state index contributed by atoms with van der Waals surface area (Å²) in [6.45, 7) is 9.22. The highest BCUT2D eigenvalue weighted by Crippen LogP contribution is 2.37. The summed E-state index contributed by atoms with van der Waals surface area (Å²) in [6.07, 6.45) is 1.57. The average Bonchev–Trinajstić information content (AvgIpc) is 2.98. The van der Waals surface area contributed by atoms with E-state index >= 15 is 0 Å². The predicted molar refractivity (Wildman–Crippen MR) is 130 cm³/mol. The number of carbonyl (C=O) groups excluding carboxylic acids is 1. The van der Waals surface area contributed by atoms with Crippen LogP contribution in [0.2, 0.25) is 0 Å². The van der Waals surface area contributed by atoms with Crippen LogP contribution in [0.5, 0.6) is 0 Å². The lowest BCUT2D eigenvalue weighted by Crippen LogP contribution is -2.41. The number of aromatic nitrogens is 2. The third-order valence-corrected chi connectivity index (χ3v) is 7.69.